The summed E-state index contributed by atoms with van der Waals surface area (Å²) in [6, 6.07) is 14.6. The molecule has 7 heteroatoms. The van der Waals surface area contributed by atoms with Crippen molar-refractivity contribution < 1.29 is 14.3 Å². The first-order valence-electron chi connectivity index (χ1n) is 9.06. The highest BCUT2D eigenvalue weighted by atomic mass is 16.5. The van der Waals surface area contributed by atoms with E-state index in [9.17, 15) is 9.59 Å². The molecule has 1 aromatic heterocycles. The highest BCUT2D eigenvalue weighted by molar-refractivity contribution is 5.98. The Morgan fingerprint density at radius 3 is 2.50 bits per heavy atom. The molecule has 0 spiro atoms. The van der Waals surface area contributed by atoms with Crippen LogP contribution >= 0.6 is 0 Å². The van der Waals surface area contributed by atoms with Gasteiger partial charge in [0.25, 0.3) is 5.91 Å². The van der Waals surface area contributed by atoms with Crippen molar-refractivity contribution in [1.29, 1.82) is 0 Å². The van der Waals surface area contributed by atoms with Gasteiger partial charge < -0.3 is 25.7 Å². The van der Waals surface area contributed by atoms with Gasteiger partial charge in [0.15, 0.2) is 0 Å². The number of amides is 3. The highest BCUT2D eigenvalue weighted by Gasteiger charge is 2.10. The Labute approximate surface area is 163 Å². The van der Waals surface area contributed by atoms with Gasteiger partial charge in [0.2, 0.25) is 0 Å². The second-order valence-corrected chi connectivity index (χ2v) is 6.77. The van der Waals surface area contributed by atoms with Crippen molar-refractivity contribution in [2.75, 3.05) is 12.4 Å². The summed E-state index contributed by atoms with van der Waals surface area (Å²) in [5.74, 6) is 0.547. The predicted molar refractivity (Wildman–Crippen MR) is 110 cm³/mol. The topological polar surface area (TPSA) is 95.2 Å². The van der Waals surface area contributed by atoms with Gasteiger partial charge in [-0.05, 0) is 49.7 Å². The summed E-state index contributed by atoms with van der Waals surface area (Å²) in [4.78, 5) is 27.2. The third-order valence-corrected chi connectivity index (χ3v) is 4.16. The maximum absolute atomic E-state index is 12.4. The van der Waals surface area contributed by atoms with Crippen molar-refractivity contribution in [1.82, 2.24) is 15.6 Å². The number of fused-ring (bicyclic) bond motifs is 1. The van der Waals surface area contributed by atoms with Crippen LogP contribution in [-0.4, -0.2) is 30.1 Å². The monoisotopic (exact) mass is 380 g/mol. The predicted octanol–water partition coefficient (Wildman–Crippen LogP) is 3.64. The van der Waals surface area contributed by atoms with E-state index in [1.807, 2.05) is 50.2 Å². The SMILES string of the molecule is COc1ccc2cc(C(=O)NCc3ccc(NC(=O)NC(C)C)cc3)[nH]c2c1. The lowest BCUT2D eigenvalue weighted by molar-refractivity contribution is 0.0946. The minimum Gasteiger partial charge on any atom is -0.497 e. The zero-order valence-corrected chi connectivity index (χ0v) is 16.1. The van der Waals surface area contributed by atoms with Crippen LogP contribution in [0.4, 0.5) is 10.5 Å². The van der Waals surface area contributed by atoms with Gasteiger partial charge in [0.1, 0.15) is 11.4 Å². The Morgan fingerprint density at radius 1 is 1.07 bits per heavy atom. The minimum absolute atomic E-state index is 0.0696. The number of methoxy groups -OCH3 is 1. The van der Waals surface area contributed by atoms with Crippen LogP contribution < -0.4 is 20.7 Å². The molecule has 4 N–H and O–H groups in total. The number of nitrogens with one attached hydrogen (secondary N) is 4. The number of rotatable bonds is 6. The van der Waals surface area contributed by atoms with Crippen molar-refractivity contribution >= 4 is 28.5 Å². The molecule has 0 saturated carbocycles. The minimum atomic E-state index is -0.244. The Balaban J connectivity index is 1.57. The molecule has 0 radical (unpaired) electrons. The lowest BCUT2D eigenvalue weighted by Gasteiger charge is -2.10. The third-order valence-electron chi connectivity index (χ3n) is 4.16. The average Bonchev–Trinajstić information content (AvgIpc) is 3.09. The van der Waals surface area contributed by atoms with Crippen molar-refractivity contribution in [3.8, 4) is 5.75 Å². The Morgan fingerprint density at radius 2 is 1.82 bits per heavy atom. The number of benzene rings is 2. The second-order valence-electron chi connectivity index (χ2n) is 6.77. The number of hydrogen-bond acceptors (Lipinski definition) is 3. The molecule has 0 atom stereocenters. The summed E-state index contributed by atoms with van der Waals surface area (Å²) in [6.45, 7) is 4.18. The van der Waals surface area contributed by atoms with E-state index in [4.69, 9.17) is 4.74 Å². The van der Waals surface area contributed by atoms with E-state index < -0.39 is 0 Å². The first kappa shape index (κ1) is 19.3. The number of hydrogen-bond donors (Lipinski definition) is 4. The fourth-order valence-electron chi connectivity index (χ4n) is 2.77. The van der Waals surface area contributed by atoms with E-state index in [2.05, 4.69) is 20.9 Å². The summed E-state index contributed by atoms with van der Waals surface area (Å²) >= 11 is 0. The number of aromatic amines is 1. The van der Waals surface area contributed by atoms with Crippen LogP contribution in [0.3, 0.4) is 0 Å². The van der Waals surface area contributed by atoms with E-state index in [1.165, 1.54) is 0 Å². The molecule has 0 fully saturated rings. The molecule has 146 valence electrons. The van der Waals surface area contributed by atoms with E-state index in [1.54, 1.807) is 19.2 Å². The lowest BCUT2D eigenvalue weighted by Crippen LogP contribution is -2.34. The van der Waals surface area contributed by atoms with E-state index >= 15 is 0 Å². The maximum Gasteiger partial charge on any atom is 0.319 e. The number of H-pyrrole nitrogens is 1. The van der Waals surface area contributed by atoms with Crippen LogP contribution in [0.2, 0.25) is 0 Å². The first-order valence-corrected chi connectivity index (χ1v) is 9.06. The number of carbonyl (C=O) groups is 2. The van der Waals surface area contributed by atoms with E-state index in [0.717, 1.165) is 22.2 Å². The van der Waals surface area contributed by atoms with Crippen LogP contribution in [0.15, 0.2) is 48.5 Å². The molecule has 0 aliphatic carbocycles. The molecule has 1 heterocycles. The smallest absolute Gasteiger partial charge is 0.319 e. The van der Waals surface area contributed by atoms with Gasteiger partial charge in [-0.25, -0.2) is 4.79 Å². The summed E-state index contributed by atoms with van der Waals surface area (Å²) in [5, 5.41) is 9.36. The Hall–Kier alpha value is -3.48. The van der Waals surface area contributed by atoms with E-state index in [0.29, 0.717) is 17.9 Å². The van der Waals surface area contributed by atoms with Crippen LogP contribution in [0.1, 0.15) is 29.9 Å². The molecule has 0 aliphatic rings. The normalized spacial score (nSPS) is 10.7. The van der Waals surface area contributed by atoms with Crippen molar-refractivity contribution in [3.05, 3.63) is 59.8 Å². The fraction of sp³-hybridized carbons (Fsp3) is 0.238. The van der Waals surface area contributed by atoms with Gasteiger partial charge >= 0.3 is 6.03 Å². The van der Waals surface area contributed by atoms with Crippen LogP contribution in [-0.2, 0) is 6.54 Å². The van der Waals surface area contributed by atoms with Gasteiger partial charge in [0, 0.05) is 35.2 Å². The molecule has 0 unspecified atom stereocenters. The van der Waals surface area contributed by atoms with Crippen molar-refractivity contribution in [2.24, 2.45) is 0 Å². The van der Waals surface area contributed by atoms with Gasteiger partial charge in [0.05, 0.1) is 7.11 Å². The number of anilines is 1. The molecule has 0 saturated heterocycles. The molecule has 3 aromatic rings. The molecule has 0 bridgehead atoms. The van der Waals surface area contributed by atoms with Gasteiger partial charge in [-0.3, -0.25) is 4.79 Å². The molecular formula is C21H24N4O3. The summed E-state index contributed by atoms with van der Waals surface area (Å²) in [7, 11) is 1.61. The summed E-state index contributed by atoms with van der Waals surface area (Å²) in [6.07, 6.45) is 0. The summed E-state index contributed by atoms with van der Waals surface area (Å²) < 4.78 is 5.20. The van der Waals surface area contributed by atoms with Gasteiger partial charge in [-0.2, -0.15) is 0 Å². The second kappa shape index (κ2) is 8.47. The largest absolute Gasteiger partial charge is 0.497 e. The standard InChI is InChI=1S/C21H24N4O3/c1-13(2)23-21(27)24-16-7-4-14(5-8-16)12-22-20(26)19-10-15-6-9-17(28-3)11-18(15)25-19/h4-11,13,25H,12H2,1-3H3,(H,22,26)(H2,23,24,27). The van der Waals surface area contributed by atoms with E-state index in [-0.39, 0.29) is 18.0 Å². The van der Waals surface area contributed by atoms with Crippen LogP contribution in [0.5, 0.6) is 5.75 Å². The molecule has 7 nitrogen and oxygen atoms in total. The molecule has 28 heavy (non-hydrogen) atoms. The van der Waals surface area contributed by atoms with Crippen molar-refractivity contribution in [2.45, 2.75) is 26.4 Å². The molecule has 3 amide bonds. The maximum atomic E-state index is 12.4. The summed E-state index contributed by atoms with van der Waals surface area (Å²) in [5.41, 5.74) is 2.96. The highest BCUT2D eigenvalue weighted by Crippen LogP contribution is 2.21. The zero-order chi connectivity index (χ0) is 20.1. The fourth-order valence-corrected chi connectivity index (χ4v) is 2.77. The van der Waals surface area contributed by atoms with Crippen molar-refractivity contribution in [3.63, 3.8) is 0 Å². The number of aromatic nitrogens is 1. The molecule has 3 rings (SSSR count). The number of urea groups is 1. The van der Waals surface area contributed by atoms with Crippen LogP contribution in [0, 0.1) is 0 Å². The number of carbonyl (C=O) groups excluding carboxylic acids is 2. The third kappa shape index (κ3) is 4.82. The van der Waals surface area contributed by atoms with Crippen LogP contribution in [0.25, 0.3) is 10.9 Å². The first-order chi connectivity index (χ1) is 13.4. The number of ether oxygens (including phenoxy) is 1. The Bertz CT molecular complexity index is 977. The molecule has 2 aromatic carbocycles. The average molecular weight is 380 g/mol. The lowest BCUT2D eigenvalue weighted by atomic mass is 10.2. The molecule has 0 aliphatic heterocycles. The van der Waals surface area contributed by atoms with Gasteiger partial charge in [-0.15, -0.1) is 0 Å². The quantitative estimate of drug-likeness (QED) is 0.526. The van der Waals surface area contributed by atoms with Gasteiger partial charge in [-0.1, -0.05) is 12.1 Å². The Kier molecular flexibility index (Phi) is 5.84. The zero-order valence-electron chi connectivity index (χ0n) is 16.1. The molecular weight excluding hydrogens is 356 g/mol.